The molecular weight excluding hydrogens is 375 g/mol. The molecule has 0 saturated heterocycles. The number of halogens is 1. The molecule has 1 unspecified atom stereocenters. The highest BCUT2D eigenvalue weighted by atomic mass is 19.1. The average Bonchev–Trinajstić information content (AvgIpc) is 3.13. The van der Waals surface area contributed by atoms with Gasteiger partial charge in [-0.3, -0.25) is 9.59 Å². The van der Waals surface area contributed by atoms with Crippen molar-refractivity contribution in [3.05, 3.63) is 71.8 Å². The molecule has 8 nitrogen and oxygen atoms in total. The van der Waals surface area contributed by atoms with Crippen LogP contribution in [0.4, 0.5) is 10.1 Å². The van der Waals surface area contributed by atoms with Gasteiger partial charge in [0.15, 0.2) is 0 Å². The third-order valence-corrected chi connectivity index (χ3v) is 4.39. The van der Waals surface area contributed by atoms with Gasteiger partial charge in [0.05, 0.1) is 6.54 Å². The summed E-state index contributed by atoms with van der Waals surface area (Å²) in [5.74, 6) is -0.536. The van der Waals surface area contributed by atoms with Crippen LogP contribution in [0.1, 0.15) is 17.4 Å². The van der Waals surface area contributed by atoms with Crippen LogP contribution in [0.3, 0.4) is 0 Å². The van der Waals surface area contributed by atoms with Crippen LogP contribution >= 0.6 is 0 Å². The number of likely N-dealkylation sites (N-methyl/N-ethyl adjacent to an activating group) is 1. The summed E-state index contributed by atoms with van der Waals surface area (Å²) in [4.78, 5) is 26.7. The van der Waals surface area contributed by atoms with E-state index in [1.165, 1.54) is 21.7 Å². The number of nitrogens with zero attached hydrogens (tertiary/aromatic N) is 5. The summed E-state index contributed by atoms with van der Waals surface area (Å²) in [6.45, 7) is 1.56. The number of amides is 2. The fourth-order valence-electron chi connectivity index (χ4n) is 2.92. The molecule has 3 rings (SSSR count). The molecule has 150 valence electrons. The van der Waals surface area contributed by atoms with Gasteiger partial charge in [-0.05, 0) is 47.2 Å². The summed E-state index contributed by atoms with van der Waals surface area (Å²) in [5, 5.41) is 14.1. The second-order valence-corrected chi connectivity index (χ2v) is 6.63. The third kappa shape index (κ3) is 5.22. The Morgan fingerprint density at radius 3 is 2.45 bits per heavy atom. The molecular formula is C20H21FN6O2. The maximum Gasteiger partial charge on any atom is 0.248 e. The summed E-state index contributed by atoms with van der Waals surface area (Å²) in [6, 6.07) is 14.1. The van der Waals surface area contributed by atoms with E-state index in [2.05, 4.69) is 20.8 Å². The molecule has 1 heterocycles. The minimum atomic E-state index is -0.759. The molecule has 9 heteroatoms. The van der Waals surface area contributed by atoms with Crippen molar-refractivity contribution in [3.8, 4) is 0 Å². The zero-order valence-corrected chi connectivity index (χ0v) is 16.1. The van der Waals surface area contributed by atoms with Gasteiger partial charge in [0, 0.05) is 19.2 Å². The van der Waals surface area contributed by atoms with Crippen molar-refractivity contribution < 1.29 is 14.0 Å². The lowest BCUT2D eigenvalue weighted by Crippen LogP contribution is -2.40. The molecule has 0 radical (unpaired) electrons. The standard InChI is InChI=1S/C20H21FN6O2/c1-14-23-24-25-27(14)18(12-15-8-10-16(21)11-9-15)20(29)26(2)13-19(28)22-17-6-4-3-5-7-17/h3-11,18H,12-13H2,1-2H3,(H,22,28). The smallest absolute Gasteiger partial charge is 0.248 e. The first-order chi connectivity index (χ1) is 13.9. The molecule has 3 aromatic rings. The van der Waals surface area contributed by atoms with E-state index in [1.54, 1.807) is 38.2 Å². The molecule has 1 aromatic heterocycles. The van der Waals surface area contributed by atoms with E-state index in [0.29, 0.717) is 11.5 Å². The van der Waals surface area contributed by atoms with Crippen molar-refractivity contribution in [3.63, 3.8) is 0 Å². The molecule has 29 heavy (non-hydrogen) atoms. The van der Waals surface area contributed by atoms with Gasteiger partial charge in [-0.2, -0.15) is 0 Å². The maximum absolute atomic E-state index is 13.2. The zero-order valence-electron chi connectivity index (χ0n) is 16.1. The van der Waals surface area contributed by atoms with E-state index in [0.717, 1.165) is 5.56 Å². The van der Waals surface area contributed by atoms with Crippen molar-refractivity contribution in [1.29, 1.82) is 0 Å². The van der Waals surface area contributed by atoms with E-state index in [1.807, 2.05) is 18.2 Å². The van der Waals surface area contributed by atoms with E-state index >= 15 is 0 Å². The quantitative estimate of drug-likeness (QED) is 0.659. The maximum atomic E-state index is 13.2. The fraction of sp³-hybridized carbons (Fsp3) is 0.250. The number of benzene rings is 2. The van der Waals surface area contributed by atoms with Crippen molar-refractivity contribution in [2.24, 2.45) is 0 Å². The lowest BCUT2D eigenvalue weighted by molar-refractivity contribution is -0.136. The number of carbonyl (C=O) groups is 2. The molecule has 1 atom stereocenters. The topological polar surface area (TPSA) is 93.0 Å². The van der Waals surface area contributed by atoms with Crippen LogP contribution in [0.2, 0.25) is 0 Å². The predicted octanol–water partition coefficient (Wildman–Crippen LogP) is 2.00. The second kappa shape index (κ2) is 9.05. The first-order valence-corrected chi connectivity index (χ1v) is 9.03. The largest absolute Gasteiger partial charge is 0.335 e. The Bertz CT molecular complexity index is 974. The van der Waals surface area contributed by atoms with Gasteiger partial charge in [0.2, 0.25) is 11.8 Å². The minimum Gasteiger partial charge on any atom is -0.335 e. The van der Waals surface area contributed by atoms with Gasteiger partial charge in [-0.25, -0.2) is 9.07 Å². The third-order valence-electron chi connectivity index (χ3n) is 4.39. The number of aryl methyl sites for hydroxylation is 1. The van der Waals surface area contributed by atoms with E-state index in [9.17, 15) is 14.0 Å². The first-order valence-electron chi connectivity index (χ1n) is 9.03. The van der Waals surface area contributed by atoms with E-state index in [4.69, 9.17) is 0 Å². The van der Waals surface area contributed by atoms with Gasteiger partial charge in [0.1, 0.15) is 17.7 Å². The van der Waals surface area contributed by atoms with Gasteiger partial charge in [0.25, 0.3) is 0 Å². The SMILES string of the molecule is Cc1nnnn1C(Cc1ccc(F)cc1)C(=O)N(C)CC(=O)Nc1ccccc1. The van der Waals surface area contributed by atoms with E-state index < -0.39 is 6.04 Å². The molecule has 0 bridgehead atoms. The molecule has 0 saturated carbocycles. The monoisotopic (exact) mass is 396 g/mol. The van der Waals surface area contributed by atoms with E-state index in [-0.39, 0.29) is 30.6 Å². The van der Waals surface area contributed by atoms with Crippen LogP contribution in [0.5, 0.6) is 0 Å². The molecule has 2 amide bonds. The molecule has 0 aliphatic carbocycles. The van der Waals surface area contributed by atoms with Gasteiger partial charge < -0.3 is 10.2 Å². The van der Waals surface area contributed by atoms with Crippen LogP contribution in [0.15, 0.2) is 54.6 Å². The first kappa shape index (κ1) is 20.1. The van der Waals surface area contributed by atoms with Crippen molar-refractivity contribution in [2.45, 2.75) is 19.4 Å². The minimum absolute atomic E-state index is 0.130. The van der Waals surface area contributed by atoms with Gasteiger partial charge in [-0.1, -0.05) is 30.3 Å². The number of anilines is 1. The number of para-hydroxylation sites is 1. The Balaban J connectivity index is 1.74. The number of hydrogen-bond acceptors (Lipinski definition) is 5. The highest BCUT2D eigenvalue weighted by molar-refractivity contribution is 5.95. The molecule has 1 N–H and O–H groups in total. The zero-order chi connectivity index (χ0) is 20.8. The summed E-state index contributed by atoms with van der Waals surface area (Å²) < 4.78 is 14.6. The van der Waals surface area contributed by atoms with Crippen LogP contribution in [0.25, 0.3) is 0 Å². The number of aromatic nitrogens is 4. The lowest BCUT2D eigenvalue weighted by Gasteiger charge is -2.24. The summed E-state index contributed by atoms with van der Waals surface area (Å²) in [7, 11) is 1.55. The number of rotatable bonds is 7. The van der Waals surface area contributed by atoms with Crippen molar-refractivity contribution >= 4 is 17.5 Å². The normalized spacial score (nSPS) is 11.7. The fourth-order valence-corrected chi connectivity index (χ4v) is 2.92. The Kier molecular flexibility index (Phi) is 6.28. The van der Waals surface area contributed by atoms with Gasteiger partial charge >= 0.3 is 0 Å². The van der Waals surface area contributed by atoms with Crippen LogP contribution in [-0.4, -0.2) is 50.5 Å². The Hall–Kier alpha value is -3.62. The Labute approximate surface area is 167 Å². The molecule has 0 aliphatic rings. The molecule has 2 aromatic carbocycles. The van der Waals surface area contributed by atoms with Gasteiger partial charge in [-0.15, -0.1) is 5.10 Å². The van der Waals surface area contributed by atoms with Crippen molar-refractivity contribution in [2.75, 3.05) is 18.9 Å². The molecule has 0 fully saturated rings. The average molecular weight is 396 g/mol. The Morgan fingerprint density at radius 2 is 1.83 bits per heavy atom. The van der Waals surface area contributed by atoms with Crippen LogP contribution in [-0.2, 0) is 16.0 Å². The summed E-state index contributed by atoms with van der Waals surface area (Å²) in [5.41, 5.74) is 1.40. The molecule has 0 spiro atoms. The lowest BCUT2D eigenvalue weighted by atomic mass is 10.0. The Morgan fingerprint density at radius 1 is 1.14 bits per heavy atom. The summed E-state index contributed by atoms with van der Waals surface area (Å²) in [6.07, 6.45) is 0.260. The number of carbonyl (C=O) groups excluding carboxylic acids is 2. The van der Waals surface area contributed by atoms with Crippen LogP contribution in [0, 0.1) is 12.7 Å². The van der Waals surface area contributed by atoms with Crippen molar-refractivity contribution in [1.82, 2.24) is 25.1 Å². The second-order valence-electron chi connectivity index (χ2n) is 6.63. The molecule has 0 aliphatic heterocycles. The highest BCUT2D eigenvalue weighted by Gasteiger charge is 2.28. The number of hydrogen-bond donors (Lipinski definition) is 1. The predicted molar refractivity (Wildman–Crippen MR) is 104 cm³/mol. The summed E-state index contributed by atoms with van der Waals surface area (Å²) >= 11 is 0. The number of tetrazole rings is 1. The number of nitrogens with one attached hydrogen (secondary N) is 1. The van der Waals surface area contributed by atoms with Crippen LogP contribution < -0.4 is 5.32 Å². The highest BCUT2D eigenvalue weighted by Crippen LogP contribution is 2.18.